The molecule has 0 spiro atoms. The highest BCUT2D eigenvalue weighted by Gasteiger charge is 2.28. The molecule has 1 N–H and O–H groups in total. The minimum atomic E-state index is 0.0657. The molecule has 1 amide bonds. The second-order valence-corrected chi connectivity index (χ2v) is 6.83. The quantitative estimate of drug-likeness (QED) is 0.738. The molecule has 4 rings (SSSR count). The predicted octanol–water partition coefficient (Wildman–Crippen LogP) is 3.31. The number of amides is 1. The fourth-order valence-corrected chi connectivity index (χ4v) is 3.53. The minimum Gasteiger partial charge on any atom is -0.335 e. The number of likely N-dealkylation sites (tertiary alicyclic amines) is 1. The normalized spacial score (nSPS) is 16.6. The number of rotatable bonds is 5. The third-order valence-corrected chi connectivity index (χ3v) is 4.89. The SMILES string of the molecule is O=C(Cc1cccnc1)N1CCCCC1c1ccc(Nc2cnccn2)nc1. The molecule has 7 nitrogen and oxygen atoms in total. The van der Waals surface area contributed by atoms with Gasteiger partial charge in [0.1, 0.15) is 11.6 Å². The molecule has 0 aliphatic carbocycles. The number of nitrogens with one attached hydrogen (secondary N) is 1. The van der Waals surface area contributed by atoms with Gasteiger partial charge in [-0.25, -0.2) is 9.97 Å². The van der Waals surface area contributed by atoms with Crippen LogP contribution < -0.4 is 5.32 Å². The average molecular weight is 374 g/mol. The molecule has 1 aliphatic heterocycles. The summed E-state index contributed by atoms with van der Waals surface area (Å²) >= 11 is 0. The molecule has 4 heterocycles. The van der Waals surface area contributed by atoms with Gasteiger partial charge in [0.05, 0.1) is 18.7 Å². The summed E-state index contributed by atoms with van der Waals surface area (Å²) in [6.45, 7) is 0.781. The van der Waals surface area contributed by atoms with E-state index in [1.165, 1.54) is 0 Å². The highest BCUT2D eigenvalue weighted by molar-refractivity contribution is 5.79. The van der Waals surface area contributed by atoms with Crippen molar-refractivity contribution in [3.8, 4) is 0 Å². The third kappa shape index (κ3) is 4.31. The maximum absolute atomic E-state index is 12.9. The van der Waals surface area contributed by atoms with Gasteiger partial charge in [-0.05, 0) is 42.5 Å². The van der Waals surface area contributed by atoms with E-state index in [4.69, 9.17) is 0 Å². The van der Waals surface area contributed by atoms with Gasteiger partial charge in [0.15, 0.2) is 0 Å². The van der Waals surface area contributed by atoms with E-state index in [1.807, 2.05) is 35.4 Å². The smallest absolute Gasteiger partial charge is 0.227 e. The summed E-state index contributed by atoms with van der Waals surface area (Å²) in [5.74, 6) is 1.49. The first-order valence-corrected chi connectivity index (χ1v) is 9.47. The van der Waals surface area contributed by atoms with E-state index in [1.54, 1.807) is 31.0 Å². The van der Waals surface area contributed by atoms with Crippen LogP contribution in [0.1, 0.15) is 36.4 Å². The van der Waals surface area contributed by atoms with Crippen molar-refractivity contribution < 1.29 is 4.79 Å². The lowest BCUT2D eigenvalue weighted by Gasteiger charge is -2.36. The van der Waals surface area contributed by atoms with E-state index in [0.29, 0.717) is 18.1 Å². The second kappa shape index (κ2) is 8.56. The van der Waals surface area contributed by atoms with Gasteiger partial charge in [-0.3, -0.25) is 14.8 Å². The van der Waals surface area contributed by atoms with Gasteiger partial charge >= 0.3 is 0 Å². The van der Waals surface area contributed by atoms with Crippen molar-refractivity contribution in [2.45, 2.75) is 31.7 Å². The number of nitrogens with zero attached hydrogens (tertiary/aromatic N) is 5. The first-order chi connectivity index (χ1) is 13.8. The average Bonchev–Trinajstić information content (AvgIpc) is 2.76. The van der Waals surface area contributed by atoms with Crippen LogP contribution in [-0.4, -0.2) is 37.3 Å². The minimum absolute atomic E-state index is 0.0657. The number of pyridine rings is 2. The molecule has 3 aromatic heterocycles. The zero-order valence-electron chi connectivity index (χ0n) is 15.5. The van der Waals surface area contributed by atoms with Crippen molar-refractivity contribution >= 4 is 17.5 Å². The molecule has 1 saturated heterocycles. The summed E-state index contributed by atoms with van der Waals surface area (Å²) in [6.07, 6.45) is 13.7. The van der Waals surface area contributed by atoms with Gasteiger partial charge in [-0.1, -0.05) is 12.1 Å². The van der Waals surface area contributed by atoms with Gasteiger partial charge in [0.2, 0.25) is 5.91 Å². The summed E-state index contributed by atoms with van der Waals surface area (Å²) in [5.41, 5.74) is 2.00. The largest absolute Gasteiger partial charge is 0.335 e. The fourth-order valence-electron chi connectivity index (χ4n) is 3.53. The molecule has 28 heavy (non-hydrogen) atoms. The van der Waals surface area contributed by atoms with Crippen LogP contribution in [0, 0.1) is 0 Å². The van der Waals surface area contributed by atoms with Crippen LogP contribution in [0.25, 0.3) is 0 Å². The molecule has 1 unspecified atom stereocenters. The van der Waals surface area contributed by atoms with Crippen LogP contribution in [0.3, 0.4) is 0 Å². The summed E-state index contributed by atoms with van der Waals surface area (Å²) in [7, 11) is 0. The van der Waals surface area contributed by atoms with Gasteiger partial charge in [-0.15, -0.1) is 0 Å². The highest BCUT2D eigenvalue weighted by Crippen LogP contribution is 2.31. The lowest BCUT2D eigenvalue weighted by atomic mass is 9.95. The van der Waals surface area contributed by atoms with E-state index in [2.05, 4.69) is 25.3 Å². The van der Waals surface area contributed by atoms with E-state index >= 15 is 0 Å². The van der Waals surface area contributed by atoms with Crippen LogP contribution in [0.5, 0.6) is 0 Å². The van der Waals surface area contributed by atoms with Gasteiger partial charge in [0, 0.05) is 37.5 Å². The van der Waals surface area contributed by atoms with Gasteiger partial charge < -0.3 is 10.2 Å². The number of anilines is 2. The fraction of sp³-hybridized carbons (Fsp3) is 0.286. The van der Waals surface area contributed by atoms with Crippen molar-refractivity contribution in [3.05, 3.63) is 72.6 Å². The maximum atomic E-state index is 12.9. The molecule has 0 radical (unpaired) electrons. The molecular formula is C21H22N6O. The van der Waals surface area contributed by atoms with Crippen LogP contribution in [0.15, 0.2) is 61.4 Å². The number of carbonyl (C=O) groups is 1. The second-order valence-electron chi connectivity index (χ2n) is 6.83. The number of hydrogen-bond donors (Lipinski definition) is 1. The zero-order chi connectivity index (χ0) is 19.2. The Hall–Kier alpha value is -3.35. The van der Waals surface area contributed by atoms with Crippen molar-refractivity contribution in [2.75, 3.05) is 11.9 Å². The standard InChI is InChI=1S/C21H22N6O/c28-21(12-16-4-3-8-22-13-16)27-11-2-1-5-18(27)17-6-7-19(25-14-17)26-20-15-23-9-10-24-20/h3-4,6-10,13-15,18H,1-2,5,11-12H2,(H,24,25,26). The molecule has 0 bridgehead atoms. The molecule has 1 atom stereocenters. The topological polar surface area (TPSA) is 83.9 Å². The number of piperidine rings is 1. The number of carbonyl (C=O) groups excluding carboxylic acids is 1. The molecule has 3 aromatic rings. The Kier molecular flexibility index (Phi) is 5.51. The highest BCUT2D eigenvalue weighted by atomic mass is 16.2. The van der Waals surface area contributed by atoms with Gasteiger partial charge in [0.25, 0.3) is 0 Å². The molecule has 1 fully saturated rings. The number of hydrogen-bond acceptors (Lipinski definition) is 6. The summed E-state index contributed by atoms with van der Waals surface area (Å²) in [5, 5.41) is 3.13. The lowest BCUT2D eigenvalue weighted by molar-refractivity contribution is -0.134. The van der Waals surface area contributed by atoms with Crippen LogP contribution in [0.2, 0.25) is 0 Å². The van der Waals surface area contributed by atoms with E-state index in [9.17, 15) is 4.79 Å². The van der Waals surface area contributed by atoms with Crippen molar-refractivity contribution in [1.29, 1.82) is 0 Å². The Morgan fingerprint density at radius 1 is 1.00 bits per heavy atom. The first-order valence-electron chi connectivity index (χ1n) is 9.47. The first kappa shape index (κ1) is 18.0. The molecule has 0 saturated carbocycles. The molecule has 7 heteroatoms. The lowest BCUT2D eigenvalue weighted by Crippen LogP contribution is -2.39. The molecule has 0 aromatic carbocycles. The Balaban J connectivity index is 1.47. The Bertz CT molecular complexity index is 901. The Labute approximate surface area is 163 Å². The van der Waals surface area contributed by atoms with Crippen molar-refractivity contribution in [1.82, 2.24) is 24.8 Å². The zero-order valence-corrected chi connectivity index (χ0v) is 15.5. The summed E-state index contributed by atoms with van der Waals surface area (Å²) < 4.78 is 0. The Morgan fingerprint density at radius 2 is 1.93 bits per heavy atom. The molecule has 1 aliphatic rings. The number of aromatic nitrogens is 4. The van der Waals surface area contributed by atoms with Gasteiger partial charge in [-0.2, -0.15) is 0 Å². The summed E-state index contributed by atoms with van der Waals surface area (Å²) in [6, 6.07) is 7.83. The van der Waals surface area contributed by atoms with E-state index < -0.39 is 0 Å². The van der Waals surface area contributed by atoms with Crippen molar-refractivity contribution in [2.24, 2.45) is 0 Å². The van der Waals surface area contributed by atoms with Crippen LogP contribution in [0.4, 0.5) is 11.6 Å². The summed E-state index contributed by atoms with van der Waals surface area (Å²) in [4.78, 5) is 31.7. The predicted molar refractivity (Wildman–Crippen MR) is 106 cm³/mol. The van der Waals surface area contributed by atoms with Crippen molar-refractivity contribution in [3.63, 3.8) is 0 Å². The molecular weight excluding hydrogens is 352 g/mol. The monoisotopic (exact) mass is 374 g/mol. The third-order valence-electron chi connectivity index (χ3n) is 4.89. The van der Waals surface area contributed by atoms with E-state index in [0.717, 1.165) is 36.9 Å². The van der Waals surface area contributed by atoms with Crippen LogP contribution in [-0.2, 0) is 11.2 Å². The molecule has 142 valence electrons. The Morgan fingerprint density at radius 3 is 2.68 bits per heavy atom. The maximum Gasteiger partial charge on any atom is 0.227 e. The van der Waals surface area contributed by atoms with E-state index in [-0.39, 0.29) is 11.9 Å². The van der Waals surface area contributed by atoms with Crippen LogP contribution >= 0.6 is 0 Å².